The Balaban J connectivity index is 1.24. The summed E-state index contributed by atoms with van der Waals surface area (Å²) in [5, 5.41) is 12.4. The topological polar surface area (TPSA) is 95.9 Å². The van der Waals surface area contributed by atoms with Gasteiger partial charge in [-0.15, -0.1) is 0 Å². The maximum Gasteiger partial charge on any atom is 0.407 e. The minimum absolute atomic E-state index is 0.0177. The van der Waals surface area contributed by atoms with Gasteiger partial charge >= 0.3 is 12.1 Å². The molecule has 1 aliphatic heterocycles. The van der Waals surface area contributed by atoms with Crippen LogP contribution >= 0.6 is 0 Å². The van der Waals surface area contributed by atoms with Crippen molar-refractivity contribution in [3.63, 3.8) is 0 Å². The molecular weight excluding hydrogens is 444 g/mol. The number of carboxylic acids is 1. The number of aliphatic carboxylic acids is 1. The van der Waals surface area contributed by atoms with Crippen molar-refractivity contribution < 1.29 is 24.2 Å². The molecule has 2 aromatic rings. The third-order valence-corrected chi connectivity index (χ3v) is 7.85. The second kappa shape index (κ2) is 9.02. The van der Waals surface area contributed by atoms with Gasteiger partial charge in [0.1, 0.15) is 12.6 Å². The molecule has 2 aliphatic carbocycles. The Bertz CT molecular complexity index is 1120. The van der Waals surface area contributed by atoms with Crippen molar-refractivity contribution in [2.75, 3.05) is 19.7 Å². The Kier molecular flexibility index (Phi) is 6.03. The molecule has 0 bridgehead atoms. The molecule has 1 saturated carbocycles. The number of carboxylic acid groups (broad SMARTS) is 1. The Morgan fingerprint density at radius 1 is 1.06 bits per heavy atom. The zero-order valence-electron chi connectivity index (χ0n) is 20.2. The number of hydrogen-bond donors (Lipinski definition) is 2. The van der Waals surface area contributed by atoms with Crippen LogP contribution < -0.4 is 5.32 Å². The third-order valence-electron chi connectivity index (χ3n) is 7.85. The molecule has 35 heavy (non-hydrogen) atoms. The first-order valence-electron chi connectivity index (χ1n) is 12.4. The van der Waals surface area contributed by atoms with Crippen LogP contribution in [-0.4, -0.2) is 53.7 Å². The van der Waals surface area contributed by atoms with Crippen molar-refractivity contribution in [2.24, 2.45) is 17.3 Å². The minimum Gasteiger partial charge on any atom is -0.481 e. The summed E-state index contributed by atoms with van der Waals surface area (Å²) < 4.78 is 5.66. The standard InChI is InChI=1S/C28H32N2O5/c1-17(2)11-12-24(25(31)30-14-18-13-28(18,16-30)26(32)33)29-27(34)35-15-23-21-9-5-3-7-19(21)20-8-4-6-10-22(20)23/h3-10,17-18,23-24H,11-16H2,1-2H3,(H,29,34)(H,32,33). The first-order valence-corrected chi connectivity index (χ1v) is 12.4. The molecule has 2 amide bonds. The molecule has 2 fully saturated rings. The summed E-state index contributed by atoms with van der Waals surface area (Å²) >= 11 is 0. The molecule has 3 unspecified atom stereocenters. The molecule has 3 aliphatic rings. The van der Waals surface area contributed by atoms with E-state index in [9.17, 15) is 19.5 Å². The van der Waals surface area contributed by atoms with E-state index in [4.69, 9.17) is 4.74 Å². The molecular formula is C28H32N2O5. The highest BCUT2D eigenvalue weighted by Crippen LogP contribution is 2.58. The van der Waals surface area contributed by atoms with Crippen LogP contribution in [0.2, 0.25) is 0 Å². The zero-order valence-corrected chi connectivity index (χ0v) is 20.2. The van der Waals surface area contributed by atoms with E-state index in [1.807, 2.05) is 24.3 Å². The van der Waals surface area contributed by atoms with E-state index in [1.165, 1.54) is 0 Å². The van der Waals surface area contributed by atoms with E-state index < -0.39 is 23.5 Å². The van der Waals surface area contributed by atoms with Gasteiger partial charge in [0.2, 0.25) is 5.91 Å². The van der Waals surface area contributed by atoms with Crippen molar-refractivity contribution in [1.82, 2.24) is 10.2 Å². The quantitative estimate of drug-likeness (QED) is 0.593. The highest BCUT2D eigenvalue weighted by atomic mass is 16.5. The molecule has 3 atom stereocenters. The largest absolute Gasteiger partial charge is 0.481 e. The summed E-state index contributed by atoms with van der Waals surface area (Å²) in [6.45, 7) is 4.98. The van der Waals surface area contributed by atoms with Gasteiger partial charge in [-0.3, -0.25) is 9.59 Å². The summed E-state index contributed by atoms with van der Waals surface area (Å²) in [5.41, 5.74) is 3.78. The van der Waals surface area contributed by atoms with Crippen LogP contribution in [0.1, 0.15) is 50.2 Å². The average molecular weight is 477 g/mol. The summed E-state index contributed by atoms with van der Waals surface area (Å²) in [6, 6.07) is 15.6. The van der Waals surface area contributed by atoms with Crippen LogP contribution in [0.3, 0.4) is 0 Å². The van der Waals surface area contributed by atoms with Gasteiger partial charge in [-0.05, 0) is 53.4 Å². The predicted molar refractivity (Wildman–Crippen MR) is 131 cm³/mol. The Hall–Kier alpha value is -3.35. The van der Waals surface area contributed by atoms with Gasteiger partial charge < -0.3 is 20.1 Å². The second-order valence-corrected chi connectivity index (χ2v) is 10.6. The highest BCUT2D eigenvalue weighted by molar-refractivity contribution is 5.88. The van der Waals surface area contributed by atoms with E-state index in [0.717, 1.165) is 28.7 Å². The SMILES string of the molecule is CC(C)CCC(NC(=O)OCC1c2ccccc2-c2ccccc21)C(=O)N1CC2CC2(C(=O)O)C1. The number of likely N-dealkylation sites (tertiary alicyclic amines) is 1. The van der Waals surface area contributed by atoms with Crippen molar-refractivity contribution in [1.29, 1.82) is 0 Å². The third kappa shape index (κ3) is 4.28. The number of alkyl carbamates (subject to hydrolysis) is 1. The molecule has 1 heterocycles. The fourth-order valence-electron chi connectivity index (χ4n) is 5.74. The maximum absolute atomic E-state index is 13.3. The molecule has 2 aromatic carbocycles. The zero-order chi connectivity index (χ0) is 24.7. The van der Waals surface area contributed by atoms with Crippen LogP contribution in [0.25, 0.3) is 11.1 Å². The van der Waals surface area contributed by atoms with Crippen molar-refractivity contribution in [2.45, 2.75) is 45.1 Å². The molecule has 0 radical (unpaired) electrons. The molecule has 2 N–H and O–H groups in total. The van der Waals surface area contributed by atoms with Crippen molar-refractivity contribution in [3.8, 4) is 11.1 Å². The number of nitrogens with one attached hydrogen (secondary N) is 1. The molecule has 184 valence electrons. The second-order valence-electron chi connectivity index (χ2n) is 10.6. The lowest BCUT2D eigenvalue weighted by molar-refractivity contribution is -0.144. The monoisotopic (exact) mass is 476 g/mol. The number of carbonyl (C=O) groups excluding carboxylic acids is 2. The molecule has 1 saturated heterocycles. The van der Waals surface area contributed by atoms with E-state index in [2.05, 4.69) is 43.4 Å². The lowest BCUT2D eigenvalue weighted by Crippen LogP contribution is -2.49. The first-order chi connectivity index (χ1) is 16.8. The molecule has 7 heteroatoms. The van der Waals surface area contributed by atoms with Crippen LogP contribution in [0.5, 0.6) is 0 Å². The van der Waals surface area contributed by atoms with Gasteiger partial charge in [-0.25, -0.2) is 4.79 Å². The molecule has 0 aromatic heterocycles. The maximum atomic E-state index is 13.3. The van der Waals surface area contributed by atoms with Crippen LogP contribution in [0.15, 0.2) is 48.5 Å². The van der Waals surface area contributed by atoms with Gasteiger partial charge in [-0.1, -0.05) is 62.4 Å². The normalized spacial score (nSPS) is 22.8. The summed E-state index contributed by atoms with van der Waals surface area (Å²) in [5.74, 6) is -0.719. The minimum atomic E-state index is -0.832. The van der Waals surface area contributed by atoms with Gasteiger partial charge in [0.25, 0.3) is 0 Å². The lowest BCUT2D eigenvalue weighted by Gasteiger charge is -2.26. The van der Waals surface area contributed by atoms with Crippen molar-refractivity contribution in [3.05, 3.63) is 59.7 Å². The van der Waals surface area contributed by atoms with E-state index >= 15 is 0 Å². The van der Waals surface area contributed by atoms with Gasteiger partial charge in [-0.2, -0.15) is 0 Å². The van der Waals surface area contributed by atoms with Crippen LogP contribution in [0, 0.1) is 17.3 Å². The number of piperidine rings is 1. The number of nitrogens with zero attached hydrogens (tertiary/aromatic N) is 1. The lowest BCUT2D eigenvalue weighted by atomic mass is 9.98. The van der Waals surface area contributed by atoms with Crippen LogP contribution in [0.4, 0.5) is 4.79 Å². The van der Waals surface area contributed by atoms with Gasteiger partial charge in [0, 0.05) is 19.0 Å². The van der Waals surface area contributed by atoms with Gasteiger partial charge in [0.15, 0.2) is 0 Å². The van der Waals surface area contributed by atoms with E-state index in [0.29, 0.717) is 25.3 Å². The fraction of sp³-hybridized carbons (Fsp3) is 0.464. The predicted octanol–water partition coefficient (Wildman–Crippen LogP) is 4.26. The number of carbonyl (C=O) groups is 3. The summed E-state index contributed by atoms with van der Waals surface area (Å²) in [4.78, 5) is 39.4. The smallest absolute Gasteiger partial charge is 0.407 e. The average Bonchev–Trinajstić information content (AvgIpc) is 3.27. The Morgan fingerprint density at radius 2 is 1.69 bits per heavy atom. The Morgan fingerprint density at radius 3 is 2.26 bits per heavy atom. The fourth-order valence-corrected chi connectivity index (χ4v) is 5.74. The molecule has 0 spiro atoms. The van der Waals surface area contributed by atoms with Crippen molar-refractivity contribution >= 4 is 18.0 Å². The number of benzene rings is 2. The first kappa shape index (κ1) is 23.4. The highest BCUT2D eigenvalue weighted by Gasteiger charge is 2.66. The summed E-state index contributed by atoms with van der Waals surface area (Å²) in [7, 11) is 0. The number of rotatable bonds is 8. The van der Waals surface area contributed by atoms with E-state index in [-0.39, 0.29) is 30.9 Å². The summed E-state index contributed by atoms with van der Waals surface area (Å²) in [6.07, 6.45) is 1.26. The van der Waals surface area contributed by atoms with Crippen LogP contribution in [-0.2, 0) is 14.3 Å². The van der Waals surface area contributed by atoms with E-state index in [1.54, 1.807) is 4.90 Å². The molecule has 5 rings (SSSR count). The van der Waals surface area contributed by atoms with Gasteiger partial charge in [0.05, 0.1) is 5.41 Å². The molecule has 7 nitrogen and oxygen atoms in total. The number of fused-ring (bicyclic) bond motifs is 4. The number of hydrogen-bond acceptors (Lipinski definition) is 4. The number of ether oxygens (including phenoxy) is 1. The Labute approximate surface area is 205 Å². The number of amides is 2.